The highest BCUT2D eigenvalue weighted by atomic mass is 32.2. The Balaban J connectivity index is 1.61. The van der Waals surface area contributed by atoms with Crippen molar-refractivity contribution in [2.75, 3.05) is 5.32 Å². The molecule has 0 spiro atoms. The zero-order chi connectivity index (χ0) is 25.6. The third-order valence-electron chi connectivity index (χ3n) is 5.02. The molecule has 0 aromatic heterocycles. The second-order valence-electron chi connectivity index (χ2n) is 7.56. The fraction of sp³-hybridized carbons (Fsp3) is 0.167. The van der Waals surface area contributed by atoms with Crippen molar-refractivity contribution < 1.29 is 36.3 Å². The van der Waals surface area contributed by atoms with E-state index in [1.165, 1.54) is 12.1 Å². The fourth-order valence-corrected chi connectivity index (χ4v) is 4.41. The minimum atomic E-state index is -4.52. The number of amides is 1. The summed E-state index contributed by atoms with van der Waals surface area (Å²) in [4.78, 5) is 23.6. The zero-order valence-electron chi connectivity index (χ0n) is 18.1. The number of rotatable bonds is 9. The van der Waals surface area contributed by atoms with Crippen LogP contribution < -0.4 is 10.0 Å². The van der Waals surface area contributed by atoms with Gasteiger partial charge in [0.05, 0.1) is 10.5 Å². The molecule has 11 heteroatoms. The molecule has 0 aliphatic rings. The van der Waals surface area contributed by atoms with Crippen molar-refractivity contribution in [1.29, 1.82) is 0 Å². The van der Waals surface area contributed by atoms with E-state index in [-0.39, 0.29) is 23.4 Å². The molecule has 0 saturated carbocycles. The number of sulfonamides is 1. The number of carbonyl (C=O) groups excluding carboxylic acids is 1. The molecule has 3 aromatic rings. The van der Waals surface area contributed by atoms with E-state index in [2.05, 4.69) is 10.0 Å². The SMILES string of the molecule is O=C(CC[C@H](NS(=O)(=O)c1ccc(-c2ccccc2)cc1)C(=O)O)Nc1ccc(C(F)(F)F)cc1. The lowest BCUT2D eigenvalue weighted by atomic mass is 10.1. The fourth-order valence-electron chi connectivity index (χ4n) is 3.19. The van der Waals surface area contributed by atoms with Crippen molar-refractivity contribution in [2.24, 2.45) is 0 Å². The highest BCUT2D eigenvalue weighted by Gasteiger charge is 2.30. The second kappa shape index (κ2) is 10.7. The van der Waals surface area contributed by atoms with Gasteiger partial charge in [0.15, 0.2) is 0 Å². The molecule has 35 heavy (non-hydrogen) atoms. The van der Waals surface area contributed by atoms with E-state index < -0.39 is 39.7 Å². The number of aliphatic carboxylic acids is 1. The van der Waals surface area contributed by atoms with E-state index in [0.717, 1.165) is 35.4 Å². The molecule has 3 rings (SSSR count). The second-order valence-corrected chi connectivity index (χ2v) is 9.28. The maximum absolute atomic E-state index is 12.7. The van der Waals surface area contributed by atoms with E-state index in [1.54, 1.807) is 12.1 Å². The van der Waals surface area contributed by atoms with E-state index in [9.17, 15) is 36.3 Å². The Morgan fingerprint density at radius 3 is 1.97 bits per heavy atom. The molecule has 0 radical (unpaired) electrons. The van der Waals surface area contributed by atoms with Crippen LogP contribution in [0.25, 0.3) is 11.1 Å². The summed E-state index contributed by atoms with van der Waals surface area (Å²) in [5.41, 5.74) is 0.868. The van der Waals surface area contributed by atoms with Gasteiger partial charge in [-0.05, 0) is 53.9 Å². The summed E-state index contributed by atoms with van der Waals surface area (Å²) in [5.74, 6) is -2.15. The lowest BCUT2D eigenvalue weighted by Gasteiger charge is -2.15. The van der Waals surface area contributed by atoms with Gasteiger partial charge < -0.3 is 10.4 Å². The molecular formula is C24H21F3N2O5S. The number of carboxylic acid groups (broad SMARTS) is 1. The molecule has 3 aromatic carbocycles. The summed E-state index contributed by atoms with van der Waals surface area (Å²) >= 11 is 0. The van der Waals surface area contributed by atoms with Gasteiger partial charge >= 0.3 is 12.1 Å². The zero-order valence-corrected chi connectivity index (χ0v) is 18.9. The highest BCUT2D eigenvalue weighted by molar-refractivity contribution is 7.89. The van der Waals surface area contributed by atoms with Gasteiger partial charge in [-0.1, -0.05) is 42.5 Å². The Bertz CT molecular complexity index is 1280. The van der Waals surface area contributed by atoms with E-state index in [1.807, 2.05) is 30.3 Å². The molecule has 0 bridgehead atoms. The van der Waals surface area contributed by atoms with Crippen molar-refractivity contribution in [3.8, 4) is 11.1 Å². The van der Waals surface area contributed by atoms with E-state index in [4.69, 9.17) is 0 Å². The van der Waals surface area contributed by atoms with Crippen LogP contribution in [0.1, 0.15) is 18.4 Å². The summed E-state index contributed by atoms with van der Waals surface area (Å²) in [6.45, 7) is 0. The first-order valence-electron chi connectivity index (χ1n) is 10.3. The highest BCUT2D eigenvalue weighted by Crippen LogP contribution is 2.30. The molecule has 0 fully saturated rings. The summed E-state index contributed by atoms with van der Waals surface area (Å²) < 4.78 is 65.3. The molecule has 0 aliphatic carbocycles. The van der Waals surface area contributed by atoms with Gasteiger partial charge in [0.2, 0.25) is 15.9 Å². The van der Waals surface area contributed by atoms with E-state index in [0.29, 0.717) is 0 Å². The topological polar surface area (TPSA) is 113 Å². The van der Waals surface area contributed by atoms with Gasteiger partial charge in [-0.2, -0.15) is 17.9 Å². The first-order chi connectivity index (χ1) is 16.5. The Hall–Kier alpha value is -3.70. The maximum atomic E-state index is 12.7. The molecule has 0 saturated heterocycles. The molecule has 1 amide bonds. The van der Waals surface area contributed by atoms with Gasteiger partial charge in [0.25, 0.3) is 0 Å². The molecule has 1 atom stereocenters. The Labute approximate surface area is 199 Å². The van der Waals surface area contributed by atoms with Crippen LogP contribution in [-0.4, -0.2) is 31.4 Å². The van der Waals surface area contributed by atoms with Crippen LogP contribution in [0, 0.1) is 0 Å². The van der Waals surface area contributed by atoms with Crippen LogP contribution in [0.2, 0.25) is 0 Å². The van der Waals surface area contributed by atoms with Crippen LogP contribution in [0.4, 0.5) is 18.9 Å². The predicted molar refractivity (Wildman–Crippen MR) is 123 cm³/mol. The number of nitrogens with one attached hydrogen (secondary N) is 2. The first kappa shape index (κ1) is 25.9. The summed E-state index contributed by atoms with van der Waals surface area (Å²) in [6.07, 6.45) is -5.27. The number of hydrogen-bond donors (Lipinski definition) is 3. The van der Waals surface area contributed by atoms with Gasteiger partial charge in [0, 0.05) is 12.1 Å². The Kier molecular flexibility index (Phi) is 7.92. The van der Waals surface area contributed by atoms with Gasteiger partial charge in [-0.25, -0.2) is 8.42 Å². The minimum absolute atomic E-state index is 0.0916. The van der Waals surface area contributed by atoms with Gasteiger partial charge in [-0.3, -0.25) is 9.59 Å². The van der Waals surface area contributed by atoms with Crippen molar-refractivity contribution in [3.05, 3.63) is 84.4 Å². The molecule has 0 unspecified atom stereocenters. The number of carbonyl (C=O) groups is 2. The summed E-state index contributed by atoms with van der Waals surface area (Å²) in [6, 6.07) is 17.3. The lowest BCUT2D eigenvalue weighted by Crippen LogP contribution is -2.41. The predicted octanol–water partition coefficient (Wildman–Crippen LogP) is 4.52. The molecule has 0 heterocycles. The summed E-state index contributed by atoms with van der Waals surface area (Å²) in [5, 5.41) is 11.8. The largest absolute Gasteiger partial charge is 0.480 e. The molecular weight excluding hydrogens is 485 g/mol. The lowest BCUT2D eigenvalue weighted by molar-refractivity contribution is -0.139. The summed E-state index contributed by atoms with van der Waals surface area (Å²) in [7, 11) is -4.20. The quantitative estimate of drug-likeness (QED) is 0.395. The number of benzene rings is 3. The number of hydrogen-bond acceptors (Lipinski definition) is 4. The monoisotopic (exact) mass is 506 g/mol. The van der Waals surface area contributed by atoms with Crippen molar-refractivity contribution in [2.45, 2.75) is 30.0 Å². The van der Waals surface area contributed by atoms with Crippen molar-refractivity contribution >= 4 is 27.6 Å². The van der Waals surface area contributed by atoms with Crippen LogP contribution in [0.3, 0.4) is 0 Å². The van der Waals surface area contributed by atoms with Crippen LogP contribution >= 0.6 is 0 Å². The third kappa shape index (κ3) is 7.14. The Morgan fingerprint density at radius 1 is 0.857 bits per heavy atom. The van der Waals surface area contributed by atoms with Crippen molar-refractivity contribution in [3.63, 3.8) is 0 Å². The maximum Gasteiger partial charge on any atom is 0.416 e. The minimum Gasteiger partial charge on any atom is -0.480 e. The smallest absolute Gasteiger partial charge is 0.416 e. The number of carboxylic acids is 1. The number of alkyl halides is 3. The van der Waals surface area contributed by atoms with Crippen LogP contribution in [0.5, 0.6) is 0 Å². The molecule has 0 aliphatic heterocycles. The molecule has 184 valence electrons. The standard InChI is InChI=1S/C24H21F3N2O5S/c25-24(26,27)18-8-10-19(11-9-18)28-22(30)15-14-21(23(31)32)29-35(33,34)20-12-6-17(7-13-20)16-4-2-1-3-5-16/h1-13,21,29H,14-15H2,(H,28,30)(H,31,32)/t21-/m0/s1. The first-order valence-corrected chi connectivity index (χ1v) is 11.8. The van der Waals surface area contributed by atoms with Gasteiger partial charge in [0.1, 0.15) is 6.04 Å². The van der Waals surface area contributed by atoms with Gasteiger partial charge in [-0.15, -0.1) is 0 Å². The molecule has 3 N–H and O–H groups in total. The van der Waals surface area contributed by atoms with Crippen LogP contribution in [-0.2, 0) is 25.8 Å². The molecule has 7 nitrogen and oxygen atoms in total. The normalized spacial score (nSPS) is 12.7. The average molecular weight is 507 g/mol. The number of anilines is 1. The number of halogens is 3. The van der Waals surface area contributed by atoms with E-state index >= 15 is 0 Å². The third-order valence-corrected chi connectivity index (χ3v) is 6.51. The van der Waals surface area contributed by atoms with Crippen LogP contribution in [0.15, 0.2) is 83.8 Å². The average Bonchev–Trinajstić information content (AvgIpc) is 2.82. The Morgan fingerprint density at radius 2 is 1.43 bits per heavy atom. The van der Waals surface area contributed by atoms with Crippen molar-refractivity contribution in [1.82, 2.24) is 4.72 Å².